The molecule has 0 fully saturated rings. The van der Waals surface area contributed by atoms with E-state index in [9.17, 15) is 20.0 Å². The van der Waals surface area contributed by atoms with Crippen LogP contribution < -0.4 is 5.11 Å². The molecule has 0 bridgehead atoms. The number of rotatable bonds is 3. The average Bonchev–Trinajstić information content (AvgIpc) is 3.06. The fourth-order valence-corrected chi connectivity index (χ4v) is 4.01. The number of nitro benzene ring substituents is 1. The largest absolute Gasteiger partial charge is 0.871 e. The molecule has 5 rings (SSSR count). The molecule has 0 heterocycles. The van der Waals surface area contributed by atoms with Crippen molar-refractivity contribution in [2.45, 2.75) is 5.92 Å². The molecular formula is C25H15N2O4-. The summed E-state index contributed by atoms with van der Waals surface area (Å²) < 4.78 is 0. The minimum Gasteiger partial charge on any atom is -0.871 e. The number of non-ortho nitro benzene ring substituents is 1. The van der Waals surface area contributed by atoms with E-state index in [1.807, 2.05) is 42.5 Å². The second-order valence-corrected chi connectivity index (χ2v) is 7.36. The molecule has 1 aliphatic rings. The Labute approximate surface area is 177 Å². The molecule has 6 heteroatoms. The van der Waals surface area contributed by atoms with Crippen LogP contribution in [0.1, 0.15) is 27.4 Å². The third kappa shape index (κ3) is 3.14. The topological polar surface area (TPSA) is 95.6 Å². The van der Waals surface area contributed by atoms with E-state index in [1.165, 1.54) is 0 Å². The number of hydrogen-bond donors (Lipinski definition) is 0. The highest BCUT2D eigenvalue weighted by Gasteiger charge is 2.37. The van der Waals surface area contributed by atoms with Gasteiger partial charge in [0.15, 0.2) is 5.78 Å². The van der Waals surface area contributed by atoms with Crippen LogP contribution in [0, 0.1) is 10.1 Å². The third-order valence-corrected chi connectivity index (χ3v) is 5.51. The zero-order valence-corrected chi connectivity index (χ0v) is 16.2. The molecular weight excluding hydrogens is 392 g/mol. The van der Waals surface area contributed by atoms with Crippen molar-refractivity contribution < 1.29 is 14.8 Å². The molecule has 0 saturated heterocycles. The number of nitro groups is 1. The van der Waals surface area contributed by atoms with Crippen molar-refractivity contribution in [1.29, 1.82) is 0 Å². The van der Waals surface area contributed by atoms with Gasteiger partial charge in [0, 0.05) is 23.3 Å². The molecule has 0 amide bonds. The van der Waals surface area contributed by atoms with Gasteiger partial charge in [0.1, 0.15) is 0 Å². The summed E-state index contributed by atoms with van der Waals surface area (Å²) in [5, 5.41) is 25.6. The molecule has 4 aromatic carbocycles. The summed E-state index contributed by atoms with van der Waals surface area (Å²) in [6.07, 6.45) is 0. The fraction of sp³-hybridized carbons (Fsp3) is 0.0400. The van der Waals surface area contributed by atoms with E-state index in [4.69, 9.17) is 0 Å². The van der Waals surface area contributed by atoms with Gasteiger partial charge in [-0.3, -0.25) is 19.9 Å². The lowest BCUT2D eigenvalue weighted by Gasteiger charge is -2.15. The summed E-state index contributed by atoms with van der Waals surface area (Å²) in [6.45, 7) is 0. The molecule has 0 aliphatic heterocycles. The van der Waals surface area contributed by atoms with Gasteiger partial charge in [-0.25, -0.2) is 0 Å². The molecule has 6 nitrogen and oxygen atoms in total. The van der Waals surface area contributed by atoms with Crippen LogP contribution in [-0.2, 0) is 0 Å². The van der Waals surface area contributed by atoms with E-state index in [1.54, 1.807) is 24.3 Å². The SMILES string of the molecule is O=C1c2ccccc2C(=Nc2cc([N+](=O)[O-])ccc2[O-])[C@H]1c1ccc2ccccc2c1. The summed E-state index contributed by atoms with van der Waals surface area (Å²) in [5.74, 6) is -1.24. The van der Waals surface area contributed by atoms with Crippen molar-refractivity contribution in [1.82, 2.24) is 0 Å². The molecule has 150 valence electrons. The zero-order valence-electron chi connectivity index (χ0n) is 16.2. The van der Waals surface area contributed by atoms with Gasteiger partial charge in [0.25, 0.3) is 5.69 Å². The summed E-state index contributed by atoms with van der Waals surface area (Å²) in [7, 11) is 0. The summed E-state index contributed by atoms with van der Waals surface area (Å²) in [6, 6.07) is 24.2. The highest BCUT2D eigenvalue weighted by Crippen LogP contribution is 2.39. The van der Waals surface area contributed by atoms with Crippen LogP contribution in [0.25, 0.3) is 10.8 Å². The molecule has 4 aromatic rings. The molecule has 31 heavy (non-hydrogen) atoms. The van der Waals surface area contributed by atoms with Crippen LogP contribution in [0.4, 0.5) is 11.4 Å². The molecule has 0 aromatic heterocycles. The molecule has 1 atom stereocenters. The lowest BCUT2D eigenvalue weighted by Crippen LogP contribution is -2.14. The second kappa shape index (κ2) is 7.18. The number of Topliss-reactive ketones (excluding diaryl/α,β-unsaturated/α-hetero) is 1. The van der Waals surface area contributed by atoms with E-state index in [0.717, 1.165) is 34.5 Å². The number of ketones is 1. The Morgan fingerprint density at radius 2 is 1.52 bits per heavy atom. The lowest BCUT2D eigenvalue weighted by molar-refractivity contribution is -0.385. The van der Waals surface area contributed by atoms with Crippen molar-refractivity contribution in [3.05, 3.63) is 112 Å². The monoisotopic (exact) mass is 407 g/mol. The highest BCUT2D eigenvalue weighted by molar-refractivity contribution is 6.32. The molecule has 0 saturated carbocycles. The van der Waals surface area contributed by atoms with Crippen molar-refractivity contribution in [3.8, 4) is 5.75 Å². The van der Waals surface area contributed by atoms with E-state index < -0.39 is 16.6 Å². The molecule has 0 unspecified atom stereocenters. The number of aliphatic imine (C=N–C) groups is 1. The summed E-state index contributed by atoms with van der Waals surface area (Å²) in [5.41, 5.74) is 2.07. The van der Waals surface area contributed by atoms with Crippen LogP contribution >= 0.6 is 0 Å². The maximum absolute atomic E-state index is 13.3. The van der Waals surface area contributed by atoms with Gasteiger partial charge in [-0.2, -0.15) is 0 Å². The van der Waals surface area contributed by atoms with Gasteiger partial charge in [0.05, 0.1) is 22.2 Å². The predicted octanol–water partition coefficient (Wildman–Crippen LogP) is 4.92. The number of carbonyl (C=O) groups is 1. The van der Waals surface area contributed by atoms with Gasteiger partial charge in [-0.15, -0.1) is 0 Å². The Bertz CT molecular complexity index is 1410. The quantitative estimate of drug-likeness (QED) is 0.356. The zero-order chi connectivity index (χ0) is 21.5. The Balaban J connectivity index is 1.72. The van der Waals surface area contributed by atoms with Crippen molar-refractivity contribution in [2.24, 2.45) is 4.99 Å². The maximum atomic E-state index is 13.3. The van der Waals surface area contributed by atoms with E-state index in [2.05, 4.69) is 4.99 Å². The minimum atomic E-state index is -0.694. The van der Waals surface area contributed by atoms with Gasteiger partial charge >= 0.3 is 0 Å². The van der Waals surface area contributed by atoms with E-state index in [-0.39, 0.29) is 17.2 Å². The first-order valence-corrected chi connectivity index (χ1v) is 9.69. The van der Waals surface area contributed by atoms with Crippen molar-refractivity contribution >= 4 is 33.6 Å². The van der Waals surface area contributed by atoms with Gasteiger partial charge in [-0.05, 0) is 16.3 Å². The van der Waals surface area contributed by atoms with Gasteiger partial charge in [-0.1, -0.05) is 78.5 Å². The van der Waals surface area contributed by atoms with Gasteiger partial charge in [0.2, 0.25) is 0 Å². The van der Waals surface area contributed by atoms with E-state index >= 15 is 0 Å². The Hall–Kier alpha value is -4.32. The standard InChI is InChI=1S/C25H16N2O4/c28-22-12-11-18(27(30)31)14-21(22)26-24-19-7-3-4-8-20(19)25(29)23(24)17-10-9-15-5-1-2-6-16(15)13-17/h1-14,23,28H/p-1/t23-/m1/s1. The molecule has 1 aliphatic carbocycles. The number of carbonyl (C=O) groups excluding carboxylic acids is 1. The smallest absolute Gasteiger partial charge is 0.271 e. The highest BCUT2D eigenvalue weighted by atomic mass is 16.6. The number of benzene rings is 4. The predicted molar refractivity (Wildman–Crippen MR) is 116 cm³/mol. The van der Waals surface area contributed by atoms with Crippen LogP contribution in [0.15, 0.2) is 89.9 Å². The first-order chi connectivity index (χ1) is 15.0. The Kier molecular flexibility index (Phi) is 4.33. The maximum Gasteiger partial charge on any atom is 0.271 e. The second-order valence-electron chi connectivity index (χ2n) is 7.36. The number of fused-ring (bicyclic) bond motifs is 2. The fourth-order valence-electron chi connectivity index (χ4n) is 4.01. The normalized spacial score (nSPS) is 16.6. The Morgan fingerprint density at radius 1 is 0.806 bits per heavy atom. The van der Waals surface area contributed by atoms with E-state index in [0.29, 0.717) is 16.8 Å². The van der Waals surface area contributed by atoms with Crippen molar-refractivity contribution in [3.63, 3.8) is 0 Å². The van der Waals surface area contributed by atoms with Crippen molar-refractivity contribution in [2.75, 3.05) is 0 Å². The molecule has 0 N–H and O–H groups in total. The first kappa shape index (κ1) is 18.7. The number of hydrogen-bond acceptors (Lipinski definition) is 5. The number of nitrogens with zero attached hydrogens (tertiary/aromatic N) is 2. The Morgan fingerprint density at radius 3 is 2.29 bits per heavy atom. The summed E-state index contributed by atoms with van der Waals surface area (Å²) >= 11 is 0. The molecule has 0 spiro atoms. The minimum absolute atomic E-state index is 0.0560. The van der Waals surface area contributed by atoms with Crippen LogP contribution in [0.2, 0.25) is 0 Å². The van der Waals surface area contributed by atoms with Crippen LogP contribution in [-0.4, -0.2) is 16.4 Å². The first-order valence-electron chi connectivity index (χ1n) is 9.69. The third-order valence-electron chi connectivity index (χ3n) is 5.51. The summed E-state index contributed by atoms with van der Waals surface area (Å²) in [4.78, 5) is 28.4. The van der Waals surface area contributed by atoms with Crippen LogP contribution in [0.5, 0.6) is 5.75 Å². The van der Waals surface area contributed by atoms with Crippen LogP contribution in [0.3, 0.4) is 0 Å². The molecule has 0 radical (unpaired) electrons. The average molecular weight is 407 g/mol. The lowest BCUT2D eigenvalue weighted by atomic mass is 9.91. The van der Waals surface area contributed by atoms with Gasteiger partial charge < -0.3 is 5.11 Å².